The zero-order valence-corrected chi connectivity index (χ0v) is 19.2. The molecule has 0 unspecified atom stereocenters. The fraction of sp³-hybridized carbons (Fsp3) is 0.520. The van der Waals surface area contributed by atoms with Gasteiger partial charge in [0.25, 0.3) is 0 Å². The zero-order chi connectivity index (χ0) is 21.6. The van der Waals surface area contributed by atoms with Crippen LogP contribution in [0.4, 0.5) is 4.39 Å². The second-order valence-corrected chi connectivity index (χ2v) is 8.08. The van der Waals surface area contributed by atoms with Gasteiger partial charge in [-0.25, -0.2) is 4.39 Å². The lowest BCUT2D eigenvalue weighted by molar-refractivity contribution is 0.260. The molecule has 0 saturated heterocycles. The van der Waals surface area contributed by atoms with Crippen LogP contribution >= 0.6 is 11.6 Å². The Kier molecular flexibility index (Phi) is 11.8. The van der Waals surface area contributed by atoms with E-state index >= 15 is 0 Å². The smallest absolute Gasteiger partial charge is 0.131 e. The van der Waals surface area contributed by atoms with Crippen molar-refractivity contribution in [3.63, 3.8) is 0 Å². The third kappa shape index (κ3) is 8.63. The number of unbranched alkanes of at least 4 members (excludes halogenated alkanes) is 2. The minimum absolute atomic E-state index is 0.117. The molecule has 0 heterocycles. The summed E-state index contributed by atoms with van der Waals surface area (Å²) in [5.41, 5.74) is 1.46. The Morgan fingerprint density at radius 3 is 2.33 bits per heavy atom. The van der Waals surface area contributed by atoms with Crippen LogP contribution in [0.15, 0.2) is 42.5 Å². The highest BCUT2D eigenvalue weighted by molar-refractivity contribution is 6.31. The molecule has 0 fully saturated rings. The molecule has 1 N–H and O–H groups in total. The van der Waals surface area contributed by atoms with Crippen LogP contribution in [0, 0.1) is 5.82 Å². The molecule has 0 aromatic heterocycles. The van der Waals surface area contributed by atoms with Crippen molar-refractivity contribution in [2.45, 2.75) is 59.1 Å². The van der Waals surface area contributed by atoms with Crippen LogP contribution in [0.25, 0.3) is 0 Å². The monoisotopic (exact) mass is 434 g/mol. The van der Waals surface area contributed by atoms with Crippen molar-refractivity contribution in [2.24, 2.45) is 0 Å². The first-order valence-corrected chi connectivity index (χ1v) is 11.6. The Bertz CT molecular complexity index is 713. The average molecular weight is 435 g/mol. The number of nitrogens with zero attached hydrogens (tertiary/aromatic N) is 1. The molecule has 0 aliphatic heterocycles. The first-order valence-electron chi connectivity index (χ1n) is 11.2. The van der Waals surface area contributed by atoms with E-state index in [-0.39, 0.29) is 12.4 Å². The molecule has 0 bridgehead atoms. The highest BCUT2D eigenvalue weighted by atomic mass is 35.5. The van der Waals surface area contributed by atoms with Gasteiger partial charge in [-0.3, -0.25) is 0 Å². The van der Waals surface area contributed by atoms with E-state index in [0.717, 1.165) is 37.4 Å². The van der Waals surface area contributed by atoms with Gasteiger partial charge in [-0.15, -0.1) is 0 Å². The molecule has 30 heavy (non-hydrogen) atoms. The Balaban J connectivity index is 1.79. The number of hydrogen-bond acceptors (Lipinski definition) is 3. The van der Waals surface area contributed by atoms with E-state index in [1.807, 2.05) is 24.3 Å². The van der Waals surface area contributed by atoms with Crippen LogP contribution in [0.3, 0.4) is 0 Å². The van der Waals surface area contributed by atoms with Gasteiger partial charge >= 0.3 is 0 Å². The predicted octanol–water partition coefficient (Wildman–Crippen LogP) is 6.44. The maximum absolute atomic E-state index is 14.0. The summed E-state index contributed by atoms with van der Waals surface area (Å²) in [6.45, 7) is 9.84. The molecule has 166 valence electrons. The van der Waals surface area contributed by atoms with Gasteiger partial charge in [0.05, 0.1) is 5.02 Å². The molecule has 0 atom stereocenters. The van der Waals surface area contributed by atoms with Gasteiger partial charge in [-0.2, -0.15) is 0 Å². The number of hydrogen-bond donors (Lipinski definition) is 1. The van der Waals surface area contributed by atoms with Gasteiger partial charge in [0, 0.05) is 17.7 Å². The van der Waals surface area contributed by atoms with Crippen molar-refractivity contribution in [1.29, 1.82) is 0 Å². The molecule has 0 saturated carbocycles. The van der Waals surface area contributed by atoms with Crippen molar-refractivity contribution in [2.75, 3.05) is 26.2 Å². The second kappa shape index (κ2) is 14.4. The Labute approximate surface area is 186 Å². The van der Waals surface area contributed by atoms with Crippen LogP contribution in [0.5, 0.6) is 5.75 Å². The highest BCUT2D eigenvalue weighted by Crippen LogP contribution is 2.23. The van der Waals surface area contributed by atoms with E-state index in [4.69, 9.17) is 16.3 Å². The quantitative estimate of drug-likeness (QED) is 0.326. The molecule has 2 aromatic rings. The van der Waals surface area contributed by atoms with Crippen LogP contribution in [0.1, 0.15) is 57.1 Å². The van der Waals surface area contributed by atoms with Crippen LogP contribution in [-0.2, 0) is 13.2 Å². The van der Waals surface area contributed by atoms with Crippen LogP contribution in [-0.4, -0.2) is 31.1 Å². The summed E-state index contributed by atoms with van der Waals surface area (Å²) in [6.07, 6.45) is 6.16. The van der Waals surface area contributed by atoms with Crippen molar-refractivity contribution in [3.8, 4) is 5.75 Å². The van der Waals surface area contributed by atoms with Gasteiger partial charge < -0.3 is 15.0 Å². The van der Waals surface area contributed by atoms with E-state index < -0.39 is 0 Å². The molecule has 2 rings (SSSR count). The summed E-state index contributed by atoms with van der Waals surface area (Å²) in [4.78, 5) is 2.59. The maximum Gasteiger partial charge on any atom is 0.131 e. The number of rotatable bonds is 15. The third-order valence-corrected chi connectivity index (χ3v) is 5.56. The van der Waals surface area contributed by atoms with Crippen molar-refractivity contribution >= 4 is 11.6 Å². The third-order valence-electron chi connectivity index (χ3n) is 5.21. The molecule has 0 radical (unpaired) electrons. The molecular formula is C25H36ClFN2O. The molecule has 5 heteroatoms. The summed E-state index contributed by atoms with van der Waals surface area (Å²) < 4.78 is 19.9. The number of para-hydroxylation sites is 1. The lowest BCUT2D eigenvalue weighted by Gasteiger charge is -2.22. The lowest BCUT2D eigenvalue weighted by Crippen LogP contribution is -2.29. The topological polar surface area (TPSA) is 24.5 Å². The van der Waals surface area contributed by atoms with E-state index in [0.29, 0.717) is 10.6 Å². The highest BCUT2D eigenvalue weighted by Gasteiger charge is 2.10. The number of benzene rings is 2. The molecule has 0 aliphatic carbocycles. The van der Waals surface area contributed by atoms with Crippen LogP contribution in [0.2, 0.25) is 5.02 Å². The predicted molar refractivity (Wildman–Crippen MR) is 125 cm³/mol. The van der Waals surface area contributed by atoms with Gasteiger partial charge in [-0.05, 0) is 63.6 Å². The van der Waals surface area contributed by atoms with Crippen LogP contribution < -0.4 is 10.1 Å². The fourth-order valence-electron chi connectivity index (χ4n) is 3.36. The van der Waals surface area contributed by atoms with E-state index in [2.05, 4.69) is 24.1 Å². The second-order valence-electron chi connectivity index (χ2n) is 7.68. The first kappa shape index (κ1) is 24.6. The first-order chi connectivity index (χ1) is 14.7. The van der Waals surface area contributed by atoms with Gasteiger partial charge in [0.2, 0.25) is 0 Å². The summed E-state index contributed by atoms with van der Waals surface area (Å²) >= 11 is 6.11. The molecular weight excluding hydrogens is 399 g/mol. The SMILES string of the molecule is CCCCN(CCCC)CCCNCc1ccccc1OCc1c(F)cccc1Cl. The van der Waals surface area contributed by atoms with E-state index in [9.17, 15) is 4.39 Å². The largest absolute Gasteiger partial charge is 0.488 e. The minimum atomic E-state index is -0.339. The maximum atomic E-state index is 14.0. The molecule has 0 amide bonds. The summed E-state index contributed by atoms with van der Waals surface area (Å²) in [5.74, 6) is 0.422. The Morgan fingerprint density at radius 2 is 1.63 bits per heavy atom. The van der Waals surface area contributed by atoms with Gasteiger partial charge in [-0.1, -0.05) is 62.6 Å². The molecule has 0 spiro atoms. The van der Waals surface area contributed by atoms with Crippen molar-refractivity contribution < 1.29 is 9.13 Å². The zero-order valence-electron chi connectivity index (χ0n) is 18.4. The summed E-state index contributed by atoms with van der Waals surface area (Å²) in [7, 11) is 0. The van der Waals surface area contributed by atoms with Crippen molar-refractivity contribution in [1.82, 2.24) is 10.2 Å². The van der Waals surface area contributed by atoms with E-state index in [1.54, 1.807) is 12.1 Å². The Hall–Kier alpha value is -1.62. The normalized spacial score (nSPS) is 11.2. The van der Waals surface area contributed by atoms with Crippen molar-refractivity contribution in [3.05, 3.63) is 64.4 Å². The van der Waals surface area contributed by atoms with Gasteiger partial charge in [0.1, 0.15) is 18.2 Å². The van der Waals surface area contributed by atoms with E-state index in [1.165, 1.54) is 44.8 Å². The standard InChI is InChI=1S/C25H36ClFN2O/c1-3-5-16-29(17-6-4-2)18-10-15-28-19-21-11-7-8-14-25(21)30-20-22-23(26)12-9-13-24(22)27/h7-9,11-14,28H,3-6,10,15-20H2,1-2H3. The summed E-state index contributed by atoms with van der Waals surface area (Å²) in [6, 6.07) is 12.6. The number of nitrogens with one attached hydrogen (secondary N) is 1. The lowest BCUT2D eigenvalue weighted by atomic mass is 10.2. The number of ether oxygens (including phenoxy) is 1. The van der Waals surface area contributed by atoms with Gasteiger partial charge in [0.15, 0.2) is 0 Å². The summed E-state index contributed by atoms with van der Waals surface area (Å²) in [5, 5.41) is 3.91. The molecule has 0 aliphatic rings. The molecule has 2 aromatic carbocycles. The minimum Gasteiger partial charge on any atom is -0.488 e. The number of halogens is 2. The molecule has 3 nitrogen and oxygen atoms in total. The Morgan fingerprint density at radius 1 is 0.933 bits per heavy atom. The fourth-order valence-corrected chi connectivity index (χ4v) is 3.58. The average Bonchev–Trinajstić information content (AvgIpc) is 2.75.